The molecule has 7 nitrogen and oxygen atoms in total. The van der Waals surface area contributed by atoms with E-state index in [-0.39, 0.29) is 18.0 Å². The number of benzene rings is 3. The molecule has 0 fully saturated rings. The predicted octanol–water partition coefficient (Wildman–Crippen LogP) is 5.42. The van der Waals surface area contributed by atoms with Crippen molar-refractivity contribution in [1.82, 2.24) is 14.7 Å². The molecule has 0 atom stereocenters. The standard InChI is InChI=1S/C28H24ClFN4O3S/c1-20(24-3-2-16-31-17-24)32-33-28(35)23-8-4-21(5-9-23)18-34(19-22-6-12-26(30)13-7-22)38(36,37)27-14-10-25(29)11-15-27/h2-17H,18-19H2,1H3,(H,33,35). The molecule has 4 rings (SSSR count). The maximum absolute atomic E-state index is 13.5. The lowest BCUT2D eigenvalue weighted by atomic mass is 10.1. The molecule has 0 saturated carbocycles. The van der Waals surface area contributed by atoms with Crippen LogP contribution in [-0.4, -0.2) is 29.3 Å². The number of aromatic nitrogens is 1. The van der Waals surface area contributed by atoms with Crippen molar-refractivity contribution in [3.05, 3.63) is 130 Å². The molecule has 0 aliphatic heterocycles. The van der Waals surface area contributed by atoms with Gasteiger partial charge in [-0.15, -0.1) is 0 Å². The van der Waals surface area contributed by atoms with Gasteiger partial charge < -0.3 is 0 Å². The highest BCUT2D eigenvalue weighted by atomic mass is 35.5. The first-order valence-electron chi connectivity index (χ1n) is 11.6. The highest BCUT2D eigenvalue weighted by Gasteiger charge is 2.25. The Balaban J connectivity index is 1.52. The molecule has 0 bridgehead atoms. The van der Waals surface area contributed by atoms with Gasteiger partial charge in [-0.2, -0.15) is 9.41 Å². The van der Waals surface area contributed by atoms with Crippen molar-refractivity contribution in [2.75, 3.05) is 0 Å². The van der Waals surface area contributed by atoms with Gasteiger partial charge in [0.05, 0.1) is 10.6 Å². The summed E-state index contributed by atoms with van der Waals surface area (Å²) in [5.74, 6) is -0.813. The third kappa shape index (κ3) is 6.89. The van der Waals surface area contributed by atoms with Gasteiger partial charge in [0.25, 0.3) is 5.91 Å². The van der Waals surface area contributed by atoms with Crippen molar-refractivity contribution in [3.8, 4) is 0 Å². The van der Waals surface area contributed by atoms with E-state index < -0.39 is 21.7 Å². The fraction of sp³-hybridized carbons (Fsp3) is 0.107. The van der Waals surface area contributed by atoms with Crippen LogP contribution in [0, 0.1) is 5.82 Å². The van der Waals surface area contributed by atoms with Crippen LogP contribution in [0.1, 0.15) is 34.0 Å². The third-order valence-electron chi connectivity index (χ3n) is 5.70. The highest BCUT2D eigenvalue weighted by molar-refractivity contribution is 7.89. The summed E-state index contributed by atoms with van der Waals surface area (Å²) in [6.07, 6.45) is 3.30. The lowest BCUT2D eigenvalue weighted by Gasteiger charge is -2.23. The normalized spacial score (nSPS) is 11.9. The SMILES string of the molecule is CC(=NNC(=O)c1ccc(CN(Cc2ccc(F)cc2)S(=O)(=O)c2ccc(Cl)cc2)cc1)c1cccnc1. The Bertz CT molecular complexity index is 1530. The second-order valence-electron chi connectivity index (χ2n) is 8.43. The van der Waals surface area contributed by atoms with E-state index in [4.69, 9.17) is 11.6 Å². The lowest BCUT2D eigenvalue weighted by molar-refractivity contribution is 0.0954. The smallest absolute Gasteiger partial charge is 0.267 e. The van der Waals surface area contributed by atoms with Gasteiger partial charge in [-0.1, -0.05) is 41.9 Å². The van der Waals surface area contributed by atoms with Crippen LogP contribution in [0.4, 0.5) is 4.39 Å². The molecule has 0 saturated heterocycles. The minimum absolute atomic E-state index is 0.0236. The van der Waals surface area contributed by atoms with Gasteiger partial charge in [-0.25, -0.2) is 18.2 Å². The zero-order chi connectivity index (χ0) is 27.1. The average molecular weight is 551 g/mol. The van der Waals surface area contributed by atoms with E-state index >= 15 is 0 Å². The fourth-order valence-electron chi connectivity index (χ4n) is 3.58. The van der Waals surface area contributed by atoms with E-state index in [1.807, 2.05) is 6.07 Å². The van der Waals surface area contributed by atoms with Crippen LogP contribution in [0.25, 0.3) is 0 Å². The van der Waals surface area contributed by atoms with Crippen molar-refractivity contribution in [2.24, 2.45) is 5.10 Å². The Labute approximate surface area is 225 Å². The van der Waals surface area contributed by atoms with Gasteiger partial charge in [0, 0.05) is 41.6 Å². The number of amides is 1. The molecule has 0 unspecified atom stereocenters. The zero-order valence-electron chi connectivity index (χ0n) is 20.4. The van der Waals surface area contributed by atoms with Crippen LogP contribution in [-0.2, 0) is 23.1 Å². The van der Waals surface area contributed by atoms with Crippen LogP contribution in [0.15, 0.2) is 107 Å². The lowest BCUT2D eigenvalue weighted by Crippen LogP contribution is -2.30. The highest BCUT2D eigenvalue weighted by Crippen LogP contribution is 2.23. The molecule has 4 aromatic rings. The Morgan fingerprint density at radius 1 is 0.921 bits per heavy atom. The van der Waals surface area contributed by atoms with Crippen molar-refractivity contribution in [1.29, 1.82) is 0 Å². The van der Waals surface area contributed by atoms with Crippen LogP contribution in [0.5, 0.6) is 0 Å². The first-order valence-corrected chi connectivity index (χ1v) is 13.4. The second kappa shape index (κ2) is 12.1. The Hall–Kier alpha value is -3.92. The molecule has 0 aliphatic rings. The van der Waals surface area contributed by atoms with E-state index in [1.165, 1.54) is 40.7 Å². The first kappa shape index (κ1) is 27.1. The van der Waals surface area contributed by atoms with E-state index in [0.29, 0.717) is 27.4 Å². The number of nitrogens with zero attached hydrogens (tertiary/aromatic N) is 3. The van der Waals surface area contributed by atoms with Gasteiger partial charge in [0.2, 0.25) is 10.0 Å². The molecular formula is C28H24ClFN4O3S. The number of hydrogen-bond donors (Lipinski definition) is 1. The van der Waals surface area contributed by atoms with Gasteiger partial charge in [0.1, 0.15) is 5.82 Å². The summed E-state index contributed by atoms with van der Waals surface area (Å²) in [7, 11) is -3.92. The molecule has 10 heteroatoms. The number of halogens is 2. The molecule has 38 heavy (non-hydrogen) atoms. The summed E-state index contributed by atoms with van der Waals surface area (Å²) in [6.45, 7) is 1.82. The Morgan fingerprint density at radius 2 is 1.53 bits per heavy atom. The van der Waals surface area contributed by atoms with Crippen molar-refractivity contribution < 1.29 is 17.6 Å². The molecule has 1 heterocycles. The average Bonchev–Trinajstić information content (AvgIpc) is 2.93. The van der Waals surface area contributed by atoms with Crippen LogP contribution in [0.2, 0.25) is 5.02 Å². The van der Waals surface area contributed by atoms with Crippen molar-refractivity contribution in [3.63, 3.8) is 0 Å². The van der Waals surface area contributed by atoms with Gasteiger partial charge in [0.15, 0.2) is 0 Å². The molecule has 1 aromatic heterocycles. The van der Waals surface area contributed by atoms with Crippen molar-refractivity contribution >= 4 is 33.2 Å². The molecule has 0 radical (unpaired) electrons. The summed E-state index contributed by atoms with van der Waals surface area (Å²) in [5, 5.41) is 4.54. The van der Waals surface area contributed by atoms with Crippen LogP contribution < -0.4 is 5.43 Å². The summed E-state index contributed by atoms with van der Waals surface area (Å²) in [6, 6.07) is 21.7. The molecular weight excluding hydrogens is 527 g/mol. The number of rotatable bonds is 9. The fourth-order valence-corrected chi connectivity index (χ4v) is 5.12. The van der Waals surface area contributed by atoms with Gasteiger partial charge in [-0.3, -0.25) is 9.78 Å². The topological polar surface area (TPSA) is 91.7 Å². The number of carbonyl (C=O) groups excluding carboxylic acids is 1. The molecule has 1 amide bonds. The van der Waals surface area contributed by atoms with Crippen molar-refractivity contribution in [2.45, 2.75) is 24.9 Å². The van der Waals surface area contributed by atoms with E-state index in [9.17, 15) is 17.6 Å². The number of carbonyl (C=O) groups is 1. The molecule has 1 N–H and O–H groups in total. The summed E-state index contributed by atoms with van der Waals surface area (Å²) < 4.78 is 41.7. The Kier molecular flexibility index (Phi) is 8.62. The third-order valence-corrected chi connectivity index (χ3v) is 7.76. The number of nitrogens with one attached hydrogen (secondary N) is 1. The predicted molar refractivity (Wildman–Crippen MR) is 145 cm³/mol. The molecule has 3 aromatic carbocycles. The Morgan fingerprint density at radius 3 is 2.11 bits per heavy atom. The quantitative estimate of drug-likeness (QED) is 0.222. The first-order chi connectivity index (χ1) is 18.2. The van der Waals surface area contributed by atoms with E-state index in [2.05, 4.69) is 15.5 Å². The summed E-state index contributed by atoms with van der Waals surface area (Å²) in [5.41, 5.74) is 5.56. The zero-order valence-corrected chi connectivity index (χ0v) is 22.0. The number of sulfonamides is 1. The van der Waals surface area contributed by atoms with Gasteiger partial charge >= 0.3 is 0 Å². The number of hydrogen-bond acceptors (Lipinski definition) is 5. The number of hydrazone groups is 1. The van der Waals surface area contributed by atoms with E-state index in [0.717, 1.165) is 5.56 Å². The number of pyridine rings is 1. The van der Waals surface area contributed by atoms with Crippen LogP contribution >= 0.6 is 11.6 Å². The van der Waals surface area contributed by atoms with E-state index in [1.54, 1.807) is 61.8 Å². The minimum Gasteiger partial charge on any atom is -0.267 e. The largest absolute Gasteiger partial charge is 0.271 e. The minimum atomic E-state index is -3.92. The molecule has 0 spiro atoms. The van der Waals surface area contributed by atoms with Crippen LogP contribution in [0.3, 0.4) is 0 Å². The summed E-state index contributed by atoms with van der Waals surface area (Å²) >= 11 is 5.94. The monoisotopic (exact) mass is 550 g/mol. The van der Waals surface area contributed by atoms with Gasteiger partial charge in [-0.05, 0) is 72.6 Å². The maximum atomic E-state index is 13.5. The second-order valence-corrected chi connectivity index (χ2v) is 10.8. The summed E-state index contributed by atoms with van der Waals surface area (Å²) in [4.78, 5) is 16.7. The molecule has 194 valence electrons. The maximum Gasteiger partial charge on any atom is 0.271 e. The molecule has 0 aliphatic carbocycles.